The zero-order valence-electron chi connectivity index (χ0n) is 24.3. The van der Waals surface area contributed by atoms with Gasteiger partial charge in [-0.05, 0) is 67.6 Å². The lowest BCUT2D eigenvalue weighted by Gasteiger charge is -2.34. The molecule has 2 heterocycles. The Hall–Kier alpha value is -4.19. The van der Waals surface area contributed by atoms with Gasteiger partial charge in [-0.3, -0.25) is 19.3 Å². The Morgan fingerprint density at radius 3 is 2.37 bits per heavy atom. The van der Waals surface area contributed by atoms with Crippen LogP contribution in [0.25, 0.3) is 10.9 Å². The molecule has 228 valence electrons. The number of rotatable bonds is 9. The second-order valence-corrected chi connectivity index (χ2v) is 12.5. The summed E-state index contributed by atoms with van der Waals surface area (Å²) in [5, 5.41) is 3.49. The Kier molecular flexibility index (Phi) is 9.44. The van der Waals surface area contributed by atoms with Crippen molar-refractivity contribution in [1.82, 2.24) is 20.1 Å². The fourth-order valence-corrected chi connectivity index (χ4v) is 6.89. The number of para-hydroxylation sites is 1. The number of carbonyl (C=O) groups excluding carboxylic acids is 3. The van der Waals surface area contributed by atoms with Crippen LogP contribution >= 0.6 is 0 Å². The fourth-order valence-electron chi connectivity index (χ4n) is 5.65. The van der Waals surface area contributed by atoms with Crippen LogP contribution < -0.4 is 10.0 Å². The standard InChI is InChI=1S/C31H37N5O6S/c1-2-42-28(37)14-15-32-31(39)36-18-16-35(17-19-36)30(38)23-10-12-26(13-11-23)34-43(40,41)27-9-5-8-24-20-25(21-33-29(24)27)22-6-3-4-7-22/h5,8-13,20-22,34H,2-4,6-7,14-19H2,1H3,(H,32,39). The Bertz CT molecular complexity index is 1580. The summed E-state index contributed by atoms with van der Waals surface area (Å²) >= 11 is 0. The average Bonchev–Trinajstić information content (AvgIpc) is 3.56. The summed E-state index contributed by atoms with van der Waals surface area (Å²) < 4.78 is 34.2. The van der Waals surface area contributed by atoms with Crippen molar-refractivity contribution >= 4 is 44.5 Å². The maximum absolute atomic E-state index is 13.4. The van der Waals surface area contributed by atoms with E-state index in [1.54, 1.807) is 59.3 Å². The highest BCUT2D eigenvalue weighted by Crippen LogP contribution is 2.35. The van der Waals surface area contributed by atoms with Gasteiger partial charge in [-0.15, -0.1) is 0 Å². The van der Waals surface area contributed by atoms with Gasteiger partial charge in [0.05, 0.1) is 18.5 Å². The van der Waals surface area contributed by atoms with Crippen molar-refractivity contribution in [2.45, 2.75) is 49.8 Å². The van der Waals surface area contributed by atoms with Gasteiger partial charge in [-0.2, -0.15) is 0 Å². The smallest absolute Gasteiger partial charge is 0.317 e. The van der Waals surface area contributed by atoms with Crippen molar-refractivity contribution in [3.8, 4) is 0 Å². The molecule has 2 N–H and O–H groups in total. The summed E-state index contributed by atoms with van der Waals surface area (Å²) in [4.78, 5) is 44.8. The van der Waals surface area contributed by atoms with E-state index < -0.39 is 10.0 Å². The molecule has 0 bridgehead atoms. The third kappa shape index (κ3) is 7.24. The van der Waals surface area contributed by atoms with Gasteiger partial charge in [0, 0.05) is 55.6 Å². The van der Waals surface area contributed by atoms with Crippen LogP contribution in [0.3, 0.4) is 0 Å². The van der Waals surface area contributed by atoms with E-state index in [0.29, 0.717) is 55.5 Å². The number of carbonyl (C=O) groups is 3. The number of sulfonamides is 1. The fraction of sp³-hybridized carbons (Fsp3) is 0.419. The zero-order valence-corrected chi connectivity index (χ0v) is 25.1. The maximum atomic E-state index is 13.4. The predicted molar refractivity (Wildman–Crippen MR) is 162 cm³/mol. The Morgan fingerprint density at radius 2 is 1.67 bits per heavy atom. The number of hydrogen-bond donors (Lipinski definition) is 2. The molecule has 1 aromatic heterocycles. The van der Waals surface area contributed by atoms with E-state index in [2.05, 4.69) is 21.1 Å². The zero-order chi connectivity index (χ0) is 30.4. The number of pyridine rings is 1. The molecule has 1 saturated heterocycles. The monoisotopic (exact) mass is 607 g/mol. The predicted octanol–water partition coefficient (Wildman–Crippen LogP) is 4.11. The molecule has 43 heavy (non-hydrogen) atoms. The first-order valence-corrected chi connectivity index (χ1v) is 16.2. The van der Waals surface area contributed by atoms with Crippen LogP contribution in [0.5, 0.6) is 0 Å². The molecule has 3 aromatic rings. The molecule has 1 aliphatic heterocycles. The van der Waals surface area contributed by atoms with Crippen molar-refractivity contribution in [2.75, 3.05) is 44.1 Å². The minimum Gasteiger partial charge on any atom is -0.466 e. The number of aromatic nitrogens is 1. The molecule has 3 amide bonds. The molecule has 12 heteroatoms. The molecule has 5 rings (SSSR count). The number of nitrogens with zero attached hydrogens (tertiary/aromatic N) is 3. The van der Waals surface area contributed by atoms with Gasteiger partial charge in [0.15, 0.2) is 0 Å². The van der Waals surface area contributed by atoms with Gasteiger partial charge in [0.1, 0.15) is 4.90 Å². The number of fused-ring (bicyclic) bond motifs is 1. The lowest BCUT2D eigenvalue weighted by Crippen LogP contribution is -2.53. The van der Waals surface area contributed by atoms with E-state index >= 15 is 0 Å². The van der Waals surface area contributed by atoms with E-state index in [1.807, 2.05) is 6.07 Å². The van der Waals surface area contributed by atoms with Gasteiger partial charge < -0.3 is 19.9 Å². The Morgan fingerprint density at radius 1 is 0.977 bits per heavy atom. The second-order valence-electron chi connectivity index (χ2n) is 10.8. The largest absolute Gasteiger partial charge is 0.466 e. The molecule has 2 aromatic carbocycles. The third-order valence-electron chi connectivity index (χ3n) is 7.96. The van der Waals surface area contributed by atoms with Crippen LogP contribution in [0.15, 0.2) is 59.6 Å². The van der Waals surface area contributed by atoms with Crippen LogP contribution in [0.2, 0.25) is 0 Å². The lowest BCUT2D eigenvalue weighted by molar-refractivity contribution is -0.142. The summed E-state index contributed by atoms with van der Waals surface area (Å²) in [5.41, 5.74) is 2.33. The average molecular weight is 608 g/mol. The number of ether oxygens (including phenoxy) is 1. The van der Waals surface area contributed by atoms with Crippen molar-refractivity contribution in [3.63, 3.8) is 0 Å². The number of urea groups is 1. The molecule has 2 fully saturated rings. The number of piperazine rings is 1. The molecule has 2 aliphatic rings. The van der Waals surface area contributed by atoms with Crippen LogP contribution in [0.1, 0.15) is 60.9 Å². The highest BCUT2D eigenvalue weighted by Gasteiger charge is 2.26. The van der Waals surface area contributed by atoms with Crippen molar-refractivity contribution in [3.05, 3.63) is 65.9 Å². The van der Waals surface area contributed by atoms with Gasteiger partial charge in [0.25, 0.3) is 15.9 Å². The van der Waals surface area contributed by atoms with Gasteiger partial charge >= 0.3 is 12.0 Å². The molecule has 0 atom stereocenters. The number of nitrogens with one attached hydrogen (secondary N) is 2. The van der Waals surface area contributed by atoms with E-state index in [0.717, 1.165) is 23.8 Å². The van der Waals surface area contributed by atoms with Crippen molar-refractivity contribution < 1.29 is 27.5 Å². The summed E-state index contributed by atoms with van der Waals surface area (Å²) in [5.74, 6) is -0.0856. The molecule has 0 radical (unpaired) electrons. The summed E-state index contributed by atoms with van der Waals surface area (Å²) in [7, 11) is -3.93. The lowest BCUT2D eigenvalue weighted by atomic mass is 9.98. The quantitative estimate of drug-likeness (QED) is 0.349. The minimum absolute atomic E-state index is 0.101. The van der Waals surface area contributed by atoms with Crippen LogP contribution in [0, 0.1) is 0 Å². The summed E-state index contributed by atoms with van der Waals surface area (Å²) in [6.07, 6.45) is 6.60. The topological polar surface area (TPSA) is 138 Å². The first-order chi connectivity index (χ1) is 20.7. The molecule has 0 spiro atoms. The third-order valence-corrected chi connectivity index (χ3v) is 9.37. The highest BCUT2D eigenvalue weighted by atomic mass is 32.2. The molecular weight excluding hydrogens is 570 g/mol. The number of hydrogen-bond acceptors (Lipinski definition) is 7. The van der Waals surface area contributed by atoms with Gasteiger partial charge in [-0.25, -0.2) is 13.2 Å². The minimum atomic E-state index is -3.93. The summed E-state index contributed by atoms with van der Waals surface area (Å²) in [6, 6.07) is 13.2. The molecule has 1 aliphatic carbocycles. The number of anilines is 1. The van der Waals surface area contributed by atoms with Crippen molar-refractivity contribution in [2.24, 2.45) is 0 Å². The summed E-state index contributed by atoms with van der Waals surface area (Å²) in [6.45, 7) is 3.63. The molecule has 11 nitrogen and oxygen atoms in total. The van der Waals surface area contributed by atoms with Gasteiger partial charge in [0.2, 0.25) is 0 Å². The van der Waals surface area contributed by atoms with E-state index in [1.165, 1.54) is 12.8 Å². The molecular formula is C31H37N5O6S. The van der Waals surface area contributed by atoms with Gasteiger partial charge in [-0.1, -0.05) is 25.0 Å². The first-order valence-electron chi connectivity index (χ1n) is 14.7. The van der Waals surface area contributed by atoms with Crippen LogP contribution in [-0.2, 0) is 19.6 Å². The molecule has 1 saturated carbocycles. The Balaban J connectivity index is 1.17. The first kappa shape index (κ1) is 30.3. The molecule has 0 unspecified atom stereocenters. The van der Waals surface area contributed by atoms with Crippen molar-refractivity contribution in [1.29, 1.82) is 0 Å². The number of amides is 3. The van der Waals surface area contributed by atoms with E-state index in [4.69, 9.17) is 4.74 Å². The van der Waals surface area contributed by atoms with E-state index in [-0.39, 0.29) is 35.8 Å². The maximum Gasteiger partial charge on any atom is 0.317 e. The van der Waals surface area contributed by atoms with Crippen LogP contribution in [-0.4, -0.2) is 80.4 Å². The second kappa shape index (κ2) is 13.4. The SMILES string of the molecule is CCOC(=O)CCNC(=O)N1CCN(C(=O)c2ccc(NS(=O)(=O)c3cccc4cc(C5CCCC5)cnc34)cc2)CC1. The Labute approximate surface area is 251 Å². The van der Waals surface area contributed by atoms with Crippen LogP contribution in [0.4, 0.5) is 10.5 Å². The number of esters is 1. The normalized spacial score (nSPS) is 15.8. The highest BCUT2D eigenvalue weighted by molar-refractivity contribution is 7.93. The number of benzene rings is 2. The van der Waals surface area contributed by atoms with E-state index in [9.17, 15) is 22.8 Å².